The molecule has 0 aromatic carbocycles. The van der Waals surface area contributed by atoms with Crippen molar-refractivity contribution in [1.82, 2.24) is 4.90 Å². The van der Waals surface area contributed by atoms with Crippen LogP contribution in [0.5, 0.6) is 0 Å². The van der Waals surface area contributed by atoms with E-state index in [9.17, 15) is 0 Å². The van der Waals surface area contributed by atoms with Gasteiger partial charge in [-0.2, -0.15) is 0 Å². The van der Waals surface area contributed by atoms with Crippen molar-refractivity contribution in [1.29, 1.82) is 0 Å². The van der Waals surface area contributed by atoms with Gasteiger partial charge in [-0.1, -0.05) is 19.1 Å². The Morgan fingerprint density at radius 3 is 2.36 bits per heavy atom. The lowest BCUT2D eigenvalue weighted by Gasteiger charge is -2.28. The highest BCUT2D eigenvalue weighted by Crippen LogP contribution is 2.12. The lowest BCUT2D eigenvalue weighted by atomic mass is 10.0. The Bertz CT molecular complexity index is 134. The molecule has 0 bridgehead atoms. The van der Waals surface area contributed by atoms with Gasteiger partial charge < -0.3 is 5.73 Å². The quantitative estimate of drug-likeness (QED) is 0.610. The molecule has 2 unspecified atom stereocenters. The summed E-state index contributed by atoms with van der Waals surface area (Å²) < 4.78 is 0. The third-order valence-electron chi connectivity index (χ3n) is 2.62. The van der Waals surface area contributed by atoms with E-state index in [2.05, 4.69) is 30.9 Å². The molecule has 2 N–H and O–H groups in total. The van der Waals surface area contributed by atoms with Crippen LogP contribution in [0.15, 0.2) is 12.2 Å². The van der Waals surface area contributed by atoms with Gasteiger partial charge in [0.25, 0.3) is 0 Å². The Hall–Kier alpha value is -0.340. The zero-order valence-electron chi connectivity index (χ0n) is 7.46. The molecule has 0 aliphatic carbocycles. The molecule has 0 saturated heterocycles. The van der Waals surface area contributed by atoms with Crippen LogP contribution in [0.1, 0.15) is 13.8 Å². The van der Waals surface area contributed by atoms with Crippen molar-refractivity contribution in [3.05, 3.63) is 12.2 Å². The van der Waals surface area contributed by atoms with Crippen molar-refractivity contribution in [3.8, 4) is 0 Å². The van der Waals surface area contributed by atoms with Crippen LogP contribution in [-0.4, -0.2) is 30.6 Å². The second-order valence-electron chi connectivity index (χ2n) is 3.38. The first-order valence-electron chi connectivity index (χ1n) is 4.35. The van der Waals surface area contributed by atoms with E-state index in [1.165, 1.54) is 0 Å². The second kappa shape index (κ2) is 3.88. The SMILES string of the molecule is CC(CN)C(C)N1CC=CC1. The van der Waals surface area contributed by atoms with Gasteiger partial charge in [-0.25, -0.2) is 0 Å². The zero-order chi connectivity index (χ0) is 8.27. The topological polar surface area (TPSA) is 29.3 Å². The van der Waals surface area contributed by atoms with Gasteiger partial charge in [-0.05, 0) is 19.4 Å². The van der Waals surface area contributed by atoms with Crippen LogP contribution in [0.4, 0.5) is 0 Å². The molecule has 0 amide bonds. The molecule has 64 valence electrons. The summed E-state index contributed by atoms with van der Waals surface area (Å²) in [5, 5.41) is 0. The van der Waals surface area contributed by atoms with Gasteiger partial charge in [-0.3, -0.25) is 4.90 Å². The molecule has 1 heterocycles. The van der Waals surface area contributed by atoms with Crippen LogP contribution in [0.3, 0.4) is 0 Å². The van der Waals surface area contributed by atoms with E-state index < -0.39 is 0 Å². The highest BCUT2D eigenvalue weighted by atomic mass is 15.2. The molecule has 0 saturated carbocycles. The Kier molecular flexibility index (Phi) is 3.09. The van der Waals surface area contributed by atoms with Crippen LogP contribution < -0.4 is 5.73 Å². The van der Waals surface area contributed by atoms with E-state index in [4.69, 9.17) is 5.73 Å². The standard InChI is InChI=1S/C9H18N2/c1-8(7-10)9(2)11-5-3-4-6-11/h3-4,8-9H,5-7,10H2,1-2H3. The fourth-order valence-corrected chi connectivity index (χ4v) is 1.38. The normalized spacial score (nSPS) is 23.9. The van der Waals surface area contributed by atoms with Gasteiger partial charge >= 0.3 is 0 Å². The van der Waals surface area contributed by atoms with Crippen molar-refractivity contribution >= 4 is 0 Å². The van der Waals surface area contributed by atoms with Crippen molar-refractivity contribution < 1.29 is 0 Å². The molecule has 0 spiro atoms. The molecular formula is C9H18N2. The predicted molar refractivity (Wildman–Crippen MR) is 48.4 cm³/mol. The summed E-state index contributed by atoms with van der Waals surface area (Å²) in [6, 6.07) is 0.620. The summed E-state index contributed by atoms with van der Waals surface area (Å²) >= 11 is 0. The summed E-state index contributed by atoms with van der Waals surface area (Å²) in [4.78, 5) is 2.44. The molecule has 1 aliphatic heterocycles. The number of nitrogens with zero attached hydrogens (tertiary/aromatic N) is 1. The lowest BCUT2D eigenvalue weighted by Crippen LogP contribution is -2.38. The van der Waals surface area contributed by atoms with Gasteiger partial charge in [0.2, 0.25) is 0 Å². The Morgan fingerprint density at radius 1 is 1.36 bits per heavy atom. The van der Waals surface area contributed by atoms with E-state index in [0.29, 0.717) is 12.0 Å². The minimum Gasteiger partial charge on any atom is -0.330 e. The van der Waals surface area contributed by atoms with Crippen LogP contribution in [0, 0.1) is 5.92 Å². The van der Waals surface area contributed by atoms with Gasteiger partial charge in [-0.15, -0.1) is 0 Å². The molecule has 2 atom stereocenters. The van der Waals surface area contributed by atoms with Crippen molar-refractivity contribution in [3.63, 3.8) is 0 Å². The first kappa shape index (κ1) is 8.75. The van der Waals surface area contributed by atoms with E-state index in [1.54, 1.807) is 0 Å². The van der Waals surface area contributed by atoms with Crippen LogP contribution in [-0.2, 0) is 0 Å². The molecule has 11 heavy (non-hydrogen) atoms. The van der Waals surface area contributed by atoms with Crippen molar-refractivity contribution in [2.75, 3.05) is 19.6 Å². The summed E-state index contributed by atoms with van der Waals surface area (Å²) in [6.45, 7) is 7.46. The molecule has 2 nitrogen and oxygen atoms in total. The molecule has 1 rings (SSSR count). The highest BCUT2D eigenvalue weighted by Gasteiger charge is 2.18. The monoisotopic (exact) mass is 154 g/mol. The predicted octanol–water partition coefficient (Wildman–Crippen LogP) is 0.842. The zero-order valence-corrected chi connectivity index (χ0v) is 7.46. The smallest absolute Gasteiger partial charge is 0.0169 e. The minimum atomic E-state index is 0.606. The third kappa shape index (κ3) is 2.04. The number of hydrogen-bond acceptors (Lipinski definition) is 2. The Morgan fingerprint density at radius 2 is 1.91 bits per heavy atom. The molecule has 1 aliphatic rings. The molecule has 0 radical (unpaired) electrons. The summed E-state index contributed by atoms with van der Waals surface area (Å²) in [5.74, 6) is 0.606. The molecular weight excluding hydrogens is 136 g/mol. The van der Waals surface area contributed by atoms with E-state index >= 15 is 0 Å². The summed E-state index contributed by atoms with van der Waals surface area (Å²) in [7, 11) is 0. The van der Waals surface area contributed by atoms with E-state index in [0.717, 1.165) is 19.6 Å². The van der Waals surface area contributed by atoms with Gasteiger partial charge in [0.05, 0.1) is 0 Å². The van der Waals surface area contributed by atoms with Crippen LogP contribution >= 0.6 is 0 Å². The fourth-order valence-electron chi connectivity index (χ4n) is 1.38. The van der Waals surface area contributed by atoms with Crippen molar-refractivity contribution in [2.24, 2.45) is 11.7 Å². The van der Waals surface area contributed by atoms with Crippen LogP contribution in [0.25, 0.3) is 0 Å². The first-order valence-corrected chi connectivity index (χ1v) is 4.35. The molecule has 0 aromatic rings. The number of nitrogens with two attached hydrogens (primary N) is 1. The third-order valence-corrected chi connectivity index (χ3v) is 2.62. The minimum absolute atomic E-state index is 0.606. The largest absolute Gasteiger partial charge is 0.330 e. The van der Waals surface area contributed by atoms with Crippen LogP contribution in [0.2, 0.25) is 0 Å². The fraction of sp³-hybridized carbons (Fsp3) is 0.778. The van der Waals surface area contributed by atoms with Gasteiger partial charge in [0.15, 0.2) is 0 Å². The maximum atomic E-state index is 5.59. The highest BCUT2D eigenvalue weighted by molar-refractivity contribution is 4.97. The van der Waals surface area contributed by atoms with Gasteiger partial charge in [0.1, 0.15) is 0 Å². The number of hydrogen-bond donors (Lipinski definition) is 1. The molecule has 0 aromatic heterocycles. The van der Waals surface area contributed by atoms with E-state index in [-0.39, 0.29) is 0 Å². The second-order valence-corrected chi connectivity index (χ2v) is 3.38. The number of rotatable bonds is 3. The molecule has 2 heteroatoms. The van der Waals surface area contributed by atoms with E-state index in [1.807, 2.05) is 0 Å². The Balaban J connectivity index is 2.34. The van der Waals surface area contributed by atoms with Crippen molar-refractivity contribution in [2.45, 2.75) is 19.9 Å². The summed E-state index contributed by atoms with van der Waals surface area (Å²) in [5.41, 5.74) is 5.59. The van der Waals surface area contributed by atoms with Gasteiger partial charge in [0, 0.05) is 19.1 Å². The maximum absolute atomic E-state index is 5.59. The first-order chi connectivity index (χ1) is 5.25. The average Bonchev–Trinajstić information content (AvgIpc) is 2.53. The molecule has 0 fully saturated rings. The summed E-state index contributed by atoms with van der Waals surface area (Å²) in [6.07, 6.45) is 4.44. The maximum Gasteiger partial charge on any atom is 0.0169 e. The lowest BCUT2D eigenvalue weighted by molar-refractivity contribution is 0.210. The average molecular weight is 154 g/mol. The Labute approximate surface area is 69.1 Å².